The van der Waals surface area contributed by atoms with E-state index in [1.165, 1.54) is 11.1 Å². The maximum atomic E-state index is 6.47. The Bertz CT molecular complexity index is 866. The Morgan fingerprint density at radius 2 is 1.82 bits per heavy atom. The van der Waals surface area contributed by atoms with Gasteiger partial charge in [0.25, 0.3) is 0 Å². The SMILES string of the molecule is CCC1(C)C(Oc2ccc(Cc3ccccc3)cc2)CCCN1n1cnnn1. The molecule has 1 fully saturated rings. The monoisotopic (exact) mass is 377 g/mol. The molecule has 4 rings (SSSR count). The predicted octanol–water partition coefficient (Wildman–Crippen LogP) is 3.61. The summed E-state index contributed by atoms with van der Waals surface area (Å²) in [6.07, 6.45) is 5.69. The van der Waals surface area contributed by atoms with Crippen molar-refractivity contribution in [2.45, 2.75) is 51.2 Å². The van der Waals surface area contributed by atoms with Crippen LogP contribution in [0.1, 0.15) is 44.2 Å². The standard InChI is InChI=1S/C22H27N5O/c1-3-22(2)21(10-7-15-26(22)27-17-23-24-25-27)28-20-13-11-19(12-14-20)16-18-8-5-4-6-9-18/h4-6,8-9,11-14,17,21H,3,7,10,15-16H2,1-2H3. The lowest BCUT2D eigenvalue weighted by molar-refractivity contribution is 0.0596. The van der Waals surface area contributed by atoms with Crippen molar-refractivity contribution in [2.75, 3.05) is 11.6 Å². The Kier molecular flexibility index (Phi) is 5.28. The fourth-order valence-corrected chi connectivity index (χ4v) is 4.04. The smallest absolute Gasteiger partial charge is 0.161 e. The van der Waals surface area contributed by atoms with Gasteiger partial charge in [-0.25, -0.2) is 0 Å². The molecule has 0 amide bonds. The minimum Gasteiger partial charge on any atom is -0.488 e. The van der Waals surface area contributed by atoms with E-state index in [-0.39, 0.29) is 11.6 Å². The van der Waals surface area contributed by atoms with Crippen LogP contribution in [0, 0.1) is 0 Å². The molecule has 2 aromatic carbocycles. The largest absolute Gasteiger partial charge is 0.488 e. The van der Waals surface area contributed by atoms with Crippen LogP contribution in [0.5, 0.6) is 5.75 Å². The van der Waals surface area contributed by atoms with Gasteiger partial charge in [-0.3, -0.25) is 5.01 Å². The molecule has 2 atom stereocenters. The summed E-state index contributed by atoms with van der Waals surface area (Å²) in [5, 5.41) is 13.9. The fourth-order valence-electron chi connectivity index (χ4n) is 4.04. The second-order valence-electron chi connectivity index (χ2n) is 7.62. The Hall–Kier alpha value is -2.89. The van der Waals surface area contributed by atoms with Crippen LogP contribution in [0.4, 0.5) is 0 Å². The van der Waals surface area contributed by atoms with Crippen LogP contribution in [0.2, 0.25) is 0 Å². The van der Waals surface area contributed by atoms with E-state index in [2.05, 4.69) is 82.9 Å². The molecule has 28 heavy (non-hydrogen) atoms. The van der Waals surface area contributed by atoms with E-state index < -0.39 is 0 Å². The molecule has 3 aromatic rings. The third-order valence-electron chi connectivity index (χ3n) is 5.87. The number of piperidine rings is 1. The van der Waals surface area contributed by atoms with Gasteiger partial charge in [0.05, 0.1) is 5.54 Å². The highest BCUT2D eigenvalue weighted by molar-refractivity contribution is 5.32. The van der Waals surface area contributed by atoms with Crippen LogP contribution >= 0.6 is 0 Å². The third-order valence-corrected chi connectivity index (χ3v) is 5.87. The highest BCUT2D eigenvalue weighted by Gasteiger charge is 2.44. The first-order valence-electron chi connectivity index (χ1n) is 9.99. The first-order valence-corrected chi connectivity index (χ1v) is 9.99. The average molecular weight is 377 g/mol. The zero-order valence-corrected chi connectivity index (χ0v) is 16.5. The van der Waals surface area contributed by atoms with E-state index in [0.29, 0.717) is 0 Å². The first-order chi connectivity index (χ1) is 13.7. The Morgan fingerprint density at radius 3 is 2.50 bits per heavy atom. The Labute approximate surface area is 166 Å². The van der Waals surface area contributed by atoms with Crippen molar-refractivity contribution in [3.63, 3.8) is 0 Å². The number of ether oxygens (including phenoxy) is 1. The topological polar surface area (TPSA) is 56.1 Å². The summed E-state index contributed by atoms with van der Waals surface area (Å²) in [6, 6.07) is 19.0. The van der Waals surface area contributed by atoms with Crippen molar-refractivity contribution in [3.8, 4) is 5.75 Å². The van der Waals surface area contributed by atoms with Crippen molar-refractivity contribution in [2.24, 2.45) is 0 Å². The maximum Gasteiger partial charge on any atom is 0.161 e. The van der Waals surface area contributed by atoms with Crippen LogP contribution in [0.3, 0.4) is 0 Å². The summed E-state index contributed by atoms with van der Waals surface area (Å²) < 4.78 is 6.47. The molecule has 6 heteroatoms. The average Bonchev–Trinajstić information content (AvgIpc) is 3.26. The number of hydrogen-bond acceptors (Lipinski definition) is 5. The first kappa shape index (κ1) is 18.5. The van der Waals surface area contributed by atoms with Crippen LogP contribution < -0.4 is 9.75 Å². The van der Waals surface area contributed by atoms with Crippen LogP contribution in [0.15, 0.2) is 60.9 Å². The highest BCUT2D eigenvalue weighted by atomic mass is 16.5. The van der Waals surface area contributed by atoms with Gasteiger partial charge in [0.2, 0.25) is 0 Å². The van der Waals surface area contributed by atoms with Gasteiger partial charge < -0.3 is 4.74 Å². The second kappa shape index (κ2) is 8.00. The molecule has 0 spiro atoms. The van der Waals surface area contributed by atoms with Crippen molar-refractivity contribution in [3.05, 3.63) is 72.1 Å². The Morgan fingerprint density at radius 1 is 1.07 bits per heavy atom. The Balaban J connectivity index is 1.48. The van der Waals surface area contributed by atoms with Gasteiger partial charge in [-0.1, -0.05) is 49.4 Å². The molecular weight excluding hydrogens is 350 g/mol. The summed E-state index contributed by atoms with van der Waals surface area (Å²) in [6.45, 7) is 5.36. The summed E-state index contributed by atoms with van der Waals surface area (Å²) in [4.78, 5) is 1.75. The van der Waals surface area contributed by atoms with Crippen molar-refractivity contribution in [1.29, 1.82) is 0 Å². The van der Waals surface area contributed by atoms with E-state index in [4.69, 9.17) is 4.74 Å². The second-order valence-corrected chi connectivity index (χ2v) is 7.62. The van der Waals surface area contributed by atoms with Crippen molar-refractivity contribution in [1.82, 2.24) is 20.3 Å². The minimum atomic E-state index is -0.170. The summed E-state index contributed by atoms with van der Waals surface area (Å²) in [5.41, 5.74) is 2.44. The zero-order valence-electron chi connectivity index (χ0n) is 16.5. The number of nitrogens with zero attached hydrogens (tertiary/aromatic N) is 5. The molecular formula is C22H27N5O. The van der Waals surface area contributed by atoms with Crippen LogP contribution in [-0.2, 0) is 6.42 Å². The molecule has 0 radical (unpaired) electrons. The van der Waals surface area contributed by atoms with Gasteiger partial charge in [0.1, 0.15) is 11.9 Å². The van der Waals surface area contributed by atoms with Crippen molar-refractivity contribution < 1.29 is 4.74 Å². The molecule has 1 aliphatic heterocycles. The molecule has 0 aliphatic carbocycles. The molecule has 2 heterocycles. The van der Waals surface area contributed by atoms with E-state index in [1.807, 2.05) is 6.07 Å². The van der Waals surface area contributed by atoms with Gasteiger partial charge in [-0.15, -0.1) is 9.89 Å². The van der Waals surface area contributed by atoms with Gasteiger partial charge in [-0.2, -0.15) is 0 Å². The van der Waals surface area contributed by atoms with Crippen LogP contribution in [0.25, 0.3) is 0 Å². The lowest BCUT2D eigenvalue weighted by Gasteiger charge is -2.49. The number of rotatable bonds is 6. The fraction of sp³-hybridized carbons (Fsp3) is 0.409. The number of tetrazole rings is 1. The summed E-state index contributed by atoms with van der Waals surface area (Å²) >= 11 is 0. The number of aromatic nitrogens is 4. The predicted molar refractivity (Wildman–Crippen MR) is 109 cm³/mol. The van der Waals surface area contributed by atoms with Crippen molar-refractivity contribution >= 4 is 0 Å². The summed E-state index contributed by atoms with van der Waals surface area (Å²) in [7, 11) is 0. The number of benzene rings is 2. The van der Waals surface area contributed by atoms with Gasteiger partial charge >= 0.3 is 0 Å². The van der Waals surface area contributed by atoms with Gasteiger partial charge in [-0.05, 0) is 66.3 Å². The number of hydrogen-bond donors (Lipinski definition) is 0. The summed E-state index contributed by atoms with van der Waals surface area (Å²) in [5.74, 6) is 0.917. The molecule has 0 N–H and O–H groups in total. The van der Waals surface area contributed by atoms with E-state index in [9.17, 15) is 0 Å². The normalized spacial score (nSPS) is 22.2. The van der Waals surface area contributed by atoms with E-state index in [1.54, 1.807) is 11.1 Å². The molecule has 0 saturated carbocycles. The quantitative estimate of drug-likeness (QED) is 0.657. The molecule has 1 aliphatic rings. The molecule has 0 bridgehead atoms. The molecule has 1 aromatic heterocycles. The molecule has 2 unspecified atom stereocenters. The molecule has 6 nitrogen and oxygen atoms in total. The van der Waals surface area contributed by atoms with E-state index >= 15 is 0 Å². The highest BCUT2D eigenvalue weighted by Crippen LogP contribution is 2.33. The lowest BCUT2D eigenvalue weighted by Crippen LogP contribution is -2.64. The lowest BCUT2D eigenvalue weighted by atomic mass is 9.84. The van der Waals surface area contributed by atoms with Gasteiger partial charge in [0, 0.05) is 6.54 Å². The zero-order chi connectivity index (χ0) is 19.4. The van der Waals surface area contributed by atoms with Gasteiger partial charge in [0.15, 0.2) is 6.33 Å². The molecule has 1 saturated heterocycles. The minimum absolute atomic E-state index is 0.0791. The molecule has 146 valence electrons. The van der Waals surface area contributed by atoms with E-state index in [0.717, 1.165) is 38.0 Å². The third kappa shape index (κ3) is 3.72. The maximum absolute atomic E-state index is 6.47. The van der Waals surface area contributed by atoms with Crippen LogP contribution in [-0.4, -0.2) is 38.5 Å².